The molecule has 2 heterocycles. The first-order valence-corrected chi connectivity index (χ1v) is 6.04. The maximum atomic E-state index is 5.34. The van der Waals surface area contributed by atoms with E-state index in [4.69, 9.17) is 9.47 Å². The Labute approximate surface area is 93.6 Å². The number of hydrogen-bond donors (Lipinski definition) is 1. The maximum absolute atomic E-state index is 5.34. The van der Waals surface area contributed by atoms with E-state index >= 15 is 0 Å². The SMILES string of the molecule is COCCNc1nc(C2CCOC2)cs1. The average molecular weight is 228 g/mol. The first kappa shape index (κ1) is 10.9. The van der Waals surface area contributed by atoms with Crippen molar-refractivity contribution in [2.75, 3.05) is 38.8 Å². The van der Waals surface area contributed by atoms with Gasteiger partial charge < -0.3 is 14.8 Å². The number of ether oxygens (including phenoxy) is 2. The van der Waals surface area contributed by atoms with Crippen LogP contribution in [0.5, 0.6) is 0 Å². The van der Waals surface area contributed by atoms with Crippen molar-refractivity contribution in [3.8, 4) is 0 Å². The monoisotopic (exact) mass is 228 g/mol. The predicted octanol–water partition coefficient (Wildman–Crippen LogP) is 1.71. The van der Waals surface area contributed by atoms with Crippen molar-refractivity contribution in [2.24, 2.45) is 0 Å². The van der Waals surface area contributed by atoms with Gasteiger partial charge in [-0.05, 0) is 6.42 Å². The van der Waals surface area contributed by atoms with Gasteiger partial charge in [0.2, 0.25) is 0 Å². The molecule has 1 aromatic rings. The molecule has 2 rings (SSSR count). The molecule has 1 fully saturated rings. The lowest BCUT2D eigenvalue weighted by molar-refractivity contribution is 0.193. The first-order chi connectivity index (χ1) is 7.40. The number of methoxy groups -OCH3 is 1. The molecule has 84 valence electrons. The number of nitrogens with one attached hydrogen (secondary N) is 1. The Hall–Kier alpha value is -0.650. The number of nitrogens with zero attached hydrogens (tertiary/aromatic N) is 1. The minimum atomic E-state index is 0.499. The summed E-state index contributed by atoms with van der Waals surface area (Å²) in [5, 5.41) is 6.33. The molecule has 0 saturated carbocycles. The van der Waals surface area contributed by atoms with Gasteiger partial charge >= 0.3 is 0 Å². The molecule has 1 atom stereocenters. The van der Waals surface area contributed by atoms with Crippen molar-refractivity contribution in [1.29, 1.82) is 0 Å². The zero-order valence-electron chi connectivity index (χ0n) is 8.86. The summed E-state index contributed by atoms with van der Waals surface area (Å²) in [6.07, 6.45) is 1.10. The Morgan fingerprint density at radius 2 is 2.67 bits per heavy atom. The van der Waals surface area contributed by atoms with Crippen LogP contribution in [-0.2, 0) is 9.47 Å². The molecule has 1 aromatic heterocycles. The van der Waals surface area contributed by atoms with Crippen molar-refractivity contribution >= 4 is 16.5 Å². The summed E-state index contributed by atoms with van der Waals surface area (Å²) in [6.45, 7) is 3.21. The van der Waals surface area contributed by atoms with E-state index in [9.17, 15) is 0 Å². The van der Waals surface area contributed by atoms with E-state index in [0.29, 0.717) is 12.5 Å². The van der Waals surface area contributed by atoms with Crippen molar-refractivity contribution in [2.45, 2.75) is 12.3 Å². The van der Waals surface area contributed by atoms with Gasteiger partial charge in [0.25, 0.3) is 0 Å². The van der Waals surface area contributed by atoms with E-state index in [-0.39, 0.29) is 0 Å². The van der Waals surface area contributed by atoms with Gasteiger partial charge in [0, 0.05) is 31.6 Å². The third-order valence-corrected chi connectivity index (χ3v) is 3.27. The molecule has 0 aromatic carbocycles. The summed E-state index contributed by atoms with van der Waals surface area (Å²) in [6, 6.07) is 0. The standard InChI is InChI=1S/C10H16N2O2S/c1-13-5-3-11-10-12-9(7-15-10)8-2-4-14-6-8/h7-8H,2-6H2,1H3,(H,11,12). The quantitative estimate of drug-likeness (QED) is 0.779. The second kappa shape index (κ2) is 5.44. The minimum absolute atomic E-state index is 0.499. The summed E-state index contributed by atoms with van der Waals surface area (Å²) in [7, 11) is 1.70. The van der Waals surface area contributed by atoms with Crippen LogP contribution >= 0.6 is 11.3 Å². The van der Waals surface area contributed by atoms with E-state index < -0.39 is 0 Å². The van der Waals surface area contributed by atoms with Crippen LogP contribution in [0.15, 0.2) is 5.38 Å². The van der Waals surface area contributed by atoms with Crippen LogP contribution in [0.25, 0.3) is 0 Å². The number of rotatable bonds is 5. The molecule has 1 aliphatic rings. The Morgan fingerprint density at radius 3 is 3.40 bits per heavy atom. The molecule has 1 unspecified atom stereocenters. The second-order valence-corrected chi connectivity index (χ2v) is 4.42. The number of anilines is 1. The molecular weight excluding hydrogens is 212 g/mol. The smallest absolute Gasteiger partial charge is 0.182 e. The van der Waals surface area contributed by atoms with Gasteiger partial charge in [-0.15, -0.1) is 11.3 Å². The van der Waals surface area contributed by atoms with Crippen LogP contribution in [0.1, 0.15) is 18.0 Å². The number of hydrogen-bond acceptors (Lipinski definition) is 5. The number of thiazole rings is 1. The lowest BCUT2D eigenvalue weighted by Gasteiger charge is -2.02. The summed E-state index contributed by atoms with van der Waals surface area (Å²) in [4.78, 5) is 4.54. The zero-order chi connectivity index (χ0) is 10.5. The molecule has 4 nitrogen and oxygen atoms in total. The molecule has 0 aliphatic carbocycles. The van der Waals surface area contributed by atoms with Crippen LogP contribution in [0.4, 0.5) is 5.13 Å². The maximum Gasteiger partial charge on any atom is 0.182 e. The average Bonchev–Trinajstić information content (AvgIpc) is 2.87. The third-order valence-electron chi connectivity index (χ3n) is 2.45. The fourth-order valence-corrected chi connectivity index (χ4v) is 2.40. The third kappa shape index (κ3) is 2.90. The van der Waals surface area contributed by atoms with Crippen molar-refractivity contribution < 1.29 is 9.47 Å². The molecule has 0 bridgehead atoms. The van der Waals surface area contributed by atoms with Gasteiger partial charge in [-0.1, -0.05) is 0 Å². The highest BCUT2D eigenvalue weighted by molar-refractivity contribution is 7.13. The van der Waals surface area contributed by atoms with Gasteiger partial charge in [0.05, 0.1) is 18.9 Å². The van der Waals surface area contributed by atoms with Crippen molar-refractivity contribution in [1.82, 2.24) is 4.98 Å². The fraction of sp³-hybridized carbons (Fsp3) is 0.700. The van der Waals surface area contributed by atoms with E-state index in [1.165, 1.54) is 0 Å². The summed E-state index contributed by atoms with van der Waals surface area (Å²) in [5.74, 6) is 0.499. The zero-order valence-corrected chi connectivity index (χ0v) is 9.68. The normalized spacial score (nSPS) is 20.7. The van der Waals surface area contributed by atoms with Crippen LogP contribution in [-0.4, -0.2) is 38.5 Å². The molecule has 0 radical (unpaired) electrons. The predicted molar refractivity (Wildman–Crippen MR) is 60.7 cm³/mol. The van der Waals surface area contributed by atoms with Gasteiger partial charge in [0.15, 0.2) is 5.13 Å². The van der Waals surface area contributed by atoms with Gasteiger partial charge in [-0.2, -0.15) is 0 Å². The molecule has 5 heteroatoms. The summed E-state index contributed by atoms with van der Waals surface area (Å²) < 4.78 is 10.3. The van der Waals surface area contributed by atoms with Gasteiger partial charge in [0.1, 0.15) is 0 Å². The first-order valence-electron chi connectivity index (χ1n) is 5.16. The van der Waals surface area contributed by atoms with Crippen LogP contribution in [0.3, 0.4) is 0 Å². The molecule has 0 amide bonds. The van der Waals surface area contributed by atoms with Crippen LogP contribution in [0, 0.1) is 0 Å². The Morgan fingerprint density at radius 1 is 1.73 bits per heavy atom. The molecule has 1 N–H and O–H groups in total. The lowest BCUT2D eigenvalue weighted by atomic mass is 10.1. The van der Waals surface area contributed by atoms with Crippen LogP contribution < -0.4 is 5.32 Å². The largest absolute Gasteiger partial charge is 0.383 e. The van der Waals surface area contributed by atoms with Crippen molar-refractivity contribution in [3.05, 3.63) is 11.1 Å². The Kier molecular flexibility index (Phi) is 3.94. The van der Waals surface area contributed by atoms with Gasteiger partial charge in [-0.25, -0.2) is 4.98 Å². The Balaban J connectivity index is 1.86. The molecule has 1 aliphatic heterocycles. The molecule has 0 spiro atoms. The highest BCUT2D eigenvalue weighted by Gasteiger charge is 2.20. The highest BCUT2D eigenvalue weighted by atomic mass is 32.1. The van der Waals surface area contributed by atoms with E-state index in [2.05, 4.69) is 15.7 Å². The number of aromatic nitrogens is 1. The van der Waals surface area contributed by atoms with E-state index in [0.717, 1.165) is 37.0 Å². The highest BCUT2D eigenvalue weighted by Crippen LogP contribution is 2.27. The van der Waals surface area contributed by atoms with Crippen molar-refractivity contribution in [3.63, 3.8) is 0 Å². The van der Waals surface area contributed by atoms with E-state index in [1.807, 2.05) is 0 Å². The summed E-state index contributed by atoms with van der Waals surface area (Å²) in [5.41, 5.74) is 1.16. The second-order valence-electron chi connectivity index (χ2n) is 3.56. The van der Waals surface area contributed by atoms with Crippen LogP contribution in [0.2, 0.25) is 0 Å². The molecular formula is C10H16N2O2S. The van der Waals surface area contributed by atoms with Gasteiger partial charge in [-0.3, -0.25) is 0 Å². The topological polar surface area (TPSA) is 43.4 Å². The minimum Gasteiger partial charge on any atom is -0.383 e. The van der Waals surface area contributed by atoms with E-state index in [1.54, 1.807) is 18.4 Å². The summed E-state index contributed by atoms with van der Waals surface area (Å²) >= 11 is 1.65. The lowest BCUT2D eigenvalue weighted by Crippen LogP contribution is -2.07. The molecule has 15 heavy (non-hydrogen) atoms. The molecule has 1 saturated heterocycles. The fourth-order valence-electron chi connectivity index (χ4n) is 1.58. The Bertz CT molecular complexity index is 297.